The second kappa shape index (κ2) is 4.18. The van der Waals surface area contributed by atoms with Crippen LogP contribution < -0.4 is 4.74 Å². The summed E-state index contributed by atoms with van der Waals surface area (Å²) in [4.78, 5) is 4.17. The predicted molar refractivity (Wildman–Crippen MR) is 63.7 cm³/mol. The molecule has 2 aromatic rings. The first-order chi connectivity index (χ1) is 7.20. The van der Waals surface area contributed by atoms with Crippen LogP contribution in [0.4, 0.5) is 0 Å². The van der Waals surface area contributed by atoms with Crippen LogP contribution in [0.15, 0.2) is 22.7 Å². The van der Waals surface area contributed by atoms with Crippen molar-refractivity contribution in [1.29, 1.82) is 0 Å². The first-order valence-electron chi connectivity index (χ1n) is 4.35. The molecule has 78 valence electrons. The Balaban J connectivity index is 2.45. The lowest BCUT2D eigenvalue weighted by molar-refractivity contribution is 0.413. The minimum Gasteiger partial charge on any atom is -0.497 e. The maximum atomic E-state index is 5.12. The van der Waals surface area contributed by atoms with Gasteiger partial charge in [-0.2, -0.15) is 4.98 Å². The smallest absolute Gasteiger partial charge is 0.258 e. The first kappa shape index (κ1) is 10.4. The van der Waals surface area contributed by atoms with E-state index in [0.29, 0.717) is 11.7 Å². The number of hydrogen-bond acceptors (Lipinski definition) is 4. The van der Waals surface area contributed by atoms with Gasteiger partial charge in [-0.1, -0.05) is 5.16 Å². The van der Waals surface area contributed by atoms with Crippen LogP contribution in [0.5, 0.6) is 5.75 Å². The Kier molecular flexibility index (Phi) is 2.90. The van der Waals surface area contributed by atoms with Gasteiger partial charge in [0.1, 0.15) is 5.75 Å². The van der Waals surface area contributed by atoms with Crippen LogP contribution in [0.2, 0.25) is 0 Å². The molecule has 1 aromatic carbocycles. The normalized spacial score (nSPS) is 10.3. The van der Waals surface area contributed by atoms with E-state index < -0.39 is 0 Å². The van der Waals surface area contributed by atoms with Crippen molar-refractivity contribution in [2.75, 3.05) is 7.11 Å². The molecule has 0 spiro atoms. The van der Waals surface area contributed by atoms with Crippen molar-refractivity contribution < 1.29 is 9.26 Å². The lowest BCUT2D eigenvalue weighted by atomic mass is 10.2. The second-order valence-electron chi connectivity index (χ2n) is 2.99. The zero-order chi connectivity index (χ0) is 10.8. The van der Waals surface area contributed by atoms with Gasteiger partial charge in [0.2, 0.25) is 0 Å². The molecule has 5 heteroatoms. The third-order valence-electron chi connectivity index (χ3n) is 1.93. The number of halogens is 1. The molecule has 0 atom stereocenters. The molecule has 0 aliphatic heterocycles. The largest absolute Gasteiger partial charge is 0.497 e. The van der Waals surface area contributed by atoms with Gasteiger partial charge in [-0.15, -0.1) is 0 Å². The van der Waals surface area contributed by atoms with Gasteiger partial charge in [-0.05, 0) is 47.7 Å². The zero-order valence-corrected chi connectivity index (χ0v) is 10.5. The van der Waals surface area contributed by atoms with E-state index in [1.54, 1.807) is 14.0 Å². The third-order valence-corrected chi connectivity index (χ3v) is 2.83. The molecule has 0 unspecified atom stereocenters. The summed E-state index contributed by atoms with van der Waals surface area (Å²) in [5.41, 5.74) is 0.928. The highest BCUT2D eigenvalue weighted by atomic mass is 127. The zero-order valence-electron chi connectivity index (χ0n) is 8.32. The van der Waals surface area contributed by atoms with Crippen LogP contribution in [-0.4, -0.2) is 17.3 Å². The van der Waals surface area contributed by atoms with Crippen molar-refractivity contribution in [2.45, 2.75) is 6.92 Å². The SMILES string of the molecule is COc1ccc(-c2nc(C)no2)c(I)c1. The molecule has 0 radical (unpaired) electrons. The number of nitrogens with zero attached hydrogens (tertiary/aromatic N) is 2. The van der Waals surface area contributed by atoms with Crippen molar-refractivity contribution >= 4 is 22.6 Å². The fraction of sp³-hybridized carbons (Fsp3) is 0.200. The van der Waals surface area contributed by atoms with Crippen molar-refractivity contribution in [3.8, 4) is 17.2 Å². The summed E-state index contributed by atoms with van der Waals surface area (Å²) in [7, 11) is 1.64. The van der Waals surface area contributed by atoms with E-state index in [-0.39, 0.29) is 0 Å². The van der Waals surface area contributed by atoms with Crippen LogP contribution in [0.1, 0.15) is 5.82 Å². The van der Waals surface area contributed by atoms with E-state index in [1.165, 1.54) is 0 Å². The molecule has 2 rings (SSSR count). The summed E-state index contributed by atoms with van der Waals surface area (Å²) in [5.74, 6) is 2.00. The van der Waals surface area contributed by atoms with Gasteiger partial charge in [-0.25, -0.2) is 0 Å². The molecule has 1 aromatic heterocycles. The molecule has 0 saturated carbocycles. The maximum absolute atomic E-state index is 5.12. The predicted octanol–water partition coefficient (Wildman–Crippen LogP) is 2.66. The standard InChI is InChI=1S/C10H9IN2O2/c1-6-12-10(15-13-6)8-4-3-7(14-2)5-9(8)11/h3-5H,1-2H3. The van der Waals surface area contributed by atoms with E-state index >= 15 is 0 Å². The number of methoxy groups -OCH3 is 1. The molecule has 0 saturated heterocycles. The molecule has 1 heterocycles. The topological polar surface area (TPSA) is 48.2 Å². The molecule has 4 nitrogen and oxygen atoms in total. The van der Waals surface area contributed by atoms with Gasteiger partial charge in [-0.3, -0.25) is 0 Å². The average molecular weight is 316 g/mol. The number of rotatable bonds is 2. The first-order valence-corrected chi connectivity index (χ1v) is 5.43. The fourth-order valence-corrected chi connectivity index (χ4v) is 1.92. The number of aromatic nitrogens is 2. The van der Waals surface area contributed by atoms with Crippen LogP contribution in [-0.2, 0) is 0 Å². The summed E-state index contributed by atoms with van der Waals surface area (Å²) in [5, 5.41) is 3.76. The van der Waals surface area contributed by atoms with Gasteiger partial charge in [0.25, 0.3) is 5.89 Å². The molecule has 15 heavy (non-hydrogen) atoms. The van der Waals surface area contributed by atoms with Crippen LogP contribution >= 0.6 is 22.6 Å². The Labute approximate surface area is 101 Å². The molecular formula is C10H9IN2O2. The molecule has 0 bridgehead atoms. The van der Waals surface area contributed by atoms with Crippen LogP contribution in [0, 0.1) is 10.5 Å². The van der Waals surface area contributed by atoms with Gasteiger partial charge in [0, 0.05) is 3.57 Å². The van der Waals surface area contributed by atoms with E-state index in [1.807, 2.05) is 18.2 Å². The van der Waals surface area contributed by atoms with Gasteiger partial charge in [0.15, 0.2) is 5.82 Å². The lowest BCUT2D eigenvalue weighted by Gasteiger charge is -2.02. The highest BCUT2D eigenvalue weighted by Crippen LogP contribution is 2.27. The Bertz CT molecular complexity index is 482. The molecule has 0 aliphatic rings. The summed E-state index contributed by atoms with van der Waals surface area (Å²) in [6.45, 7) is 1.80. The van der Waals surface area contributed by atoms with Crippen LogP contribution in [0.3, 0.4) is 0 Å². The Morgan fingerprint density at radius 2 is 2.20 bits per heavy atom. The van der Waals surface area contributed by atoms with Crippen molar-refractivity contribution in [1.82, 2.24) is 10.1 Å². The quantitative estimate of drug-likeness (QED) is 0.799. The number of ether oxygens (including phenoxy) is 1. The Morgan fingerprint density at radius 3 is 2.73 bits per heavy atom. The summed E-state index contributed by atoms with van der Waals surface area (Å²) in [6.07, 6.45) is 0. The highest BCUT2D eigenvalue weighted by Gasteiger charge is 2.10. The molecular weight excluding hydrogens is 307 g/mol. The molecule has 0 amide bonds. The minimum atomic E-state index is 0.541. The van der Waals surface area contributed by atoms with E-state index in [9.17, 15) is 0 Å². The average Bonchev–Trinajstić information content (AvgIpc) is 2.64. The van der Waals surface area contributed by atoms with Crippen molar-refractivity contribution in [2.24, 2.45) is 0 Å². The third kappa shape index (κ3) is 2.11. The maximum Gasteiger partial charge on any atom is 0.258 e. The highest BCUT2D eigenvalue weighted by molar-refractivity contribution is 14.1. The summed E-state index contributed by atoms with van der Waals surface area (Å²) >= 11 is 2.21. The number of aryl methyl sites for hydroxylation is 1. The van der Waals surface area contributed by atoms with Gasteiger partial charge in [0.05, 0.1) is 12.7 Å². The van der Waals surface area contributed by atoms with E-state index in [2.05, 4.69) is 32.7 Å². The monoisotopic (exact) mass is 316 g/mol. The second-order valence-corrected chi connectivity index (χ2v) is 4.15. The Morgan fingerprint density at radius 1 is 1.40 bits per heavy atom. The number of hydrogen-bond donors (Lipinski definition) is 0. The van der Waals surface area contributed by atoms with Crippen molar-refractivity contribution in [3.63, 3.8) is 0 Å². The molecule has 0 N–H and O–H groups in total. The Hall–Kier alpha value is -1.11. The van der Waals surface area contributed by atoms with E-state index in [4.69, 9.17) is 9.26 Å². The minimum absolute atomic E-state index is 0.541. The number of benzene rings is 1. The van der Waals surface area contributed by atoms with Crippen LogP contribution in [0.25, 0.3) is 11.5 Å². The summed E-state index contributed by atoms with van der Waals surface area (Å²) < 4.78 is 11.2. The summed E-state index contributed by atoms with van der Waals surface area (Å²) in [6, 6.07) is 5.71. The lowest BCUT2D eigenvalue weighted by Crippen LogP contribution is -1.87. The van der Waals surface area contributed by atoms with Crippen molar-refractivity contribution in [3.05, 3.63) is 27.6 Å². The molecule has 0 aliphatic carbocycles. The molecule has 0 fully saturated rings. The van der Waals surface area contributed by atoms with Gasteiger partial charge >= 0.3 is 0 Å². The van der Waals surface area contributed by atoms with E-state index in [0.717, 1.165) is 14.9 Å². The van der Waals surface area contributed by atoms with Gasteiger partial charge < -0.3 is 9.26 Å². The fourth-order valence-electron chi connectivity index (χ4n) is 1.20.